The fourth-order valence-corrected chi connectivity index (χ4v) is 3.28. The first-order chi connectivity index (χ1) is 12.7. The van der Waals surface area contributed by atoms with Gasteiger partial charge in [0.1, 0.15) is 5.75 Å². The van der Waals surface area contributed by atoms with Crippen molar-refractivity contribution < 1.29 is 32.9 Å². The molecule has 0 aliphatic carbocycles. The lowest BCUT2D eigenvalue weighted by molar-refractivity contribution is -0.254. The molecule has 1 aliphatic heterocycles. The van der Waals surface area contributed by atoms with E-state index in [1.165, 1.54) is 29.6 Å². The quantitative estimate of drug-likeness (QED) is 0.765. The van der Waals surface area contributed by atoms with Crippen molar-refractivity contribution >= 4 is 28.1 Å². The van der Waals surface area contributed by atoms with Crippen LogP contribution in [-0.2, 0) is 4.74 Å². The summed E-state index contributed by atoms with van der Waals surface area (Å²) in [6.07, 6.45) is -5.92. The number of alkyl halides is 3. The molecule has 0 radical (unpaired) electrons. The first kappa shape index (κ1) is 19.1. The molecule has 2 N–H and O–H groups in total. The molecule has 27 heavy (non-hydrogen) atoms. The van der Waals surface area contributed by atoms with E-state index < -0.39 is 24.3 Å². The van der Waals surface area contributed by atoms with Crippen molar-refractivity contribution in [3.63, 3.8) is 0 Å². The van der Waals surface area contributed by atoms with E-state index in [0.717, 1.165) is 11.3 Å². The average molecular weight is 401 g/mol. The Balaban J connectivity index is 2.02. The number of phenols is 1. The van der Waals surface area contributed by atoms with Crippen LogP contribution in [0.15, 0.2) is 34.7 Å². The molecule has 1 aromatic carbocycles. The van der Waals surface area contributed by atoms with Crippen molar-refractivity contribution in [2.24, 2.45) is 5.10 Å². The fraction of sp³-hybridized carbons (Fsp3) is 0.312. The Kier molecular flexibility index (Phi) is 4.82. The molecule has 11 heteroatoms. The molecular weight excluding hydrogens is 387 g/mol. The predicted octanol–water partition coefficient (Wildman–Crippen LogP) is 2.89. The zero-order valence-corrected chi connectivity index (χ0v) is 14.7. The molecule has 0 unspecified atom stereocenters. The first-order valence-corrected chi connectivity index (χ1v) is 8.62. The lowest BCUT2D eigenvalue weighted by Crippen LogP contribution is -2.55. The Hall–Kier alpha value is -2.66. The number of phenolic OH excluding ortho intramolecular Hbond substituents is 1. The van der Waals surface area contributed by atoms with Crippen LogP contribution in [0.5, 0.6) is 5.75 Å². The first-order valence-electron chi connectivity index (χ1n) is 7.74. The summed E-state index contributed by atoms with van der Waals surface area (Å²) in [5, 5.41) is 25.0. The summed E-state index contributed by atoms with van der Waals surface area (Å²) in [6.45, 7) is 1.67. The number of rotatable bonds is 4. The van der Waals surface area contributed by atoms with E-state index in [0.29, 0.717) is 5.01 Å². The largest absolute Gasteiger partial charge is 0.508 e. The third-order valence-electron chi connectivity index (χ3n) is 3.78. The Labute approximate surface area is 155 Å². The summed E-state index contributed by atoms with van der Waals surface area (Å²) >= 11 is 0.717. The van der Waals surface area contributed by atoms with Gasteiger partial charge in [0.25, 0.3) is 5.72 Å². The number of hydrogen-bond acceptors (Lipinski definition) is 8. The van der Waals surface area contributed by atoms with Crippen molar-refractivity contribution in [1.29, 1.82) is 0 Å². The maximum Gasteiger partial charge on any atom is 0.438 e. The molecule has 7 nitrogen and oxygen atoms in total. The SMILES string of the molecule is CCOC(=O)c1csc(N2N=C(c3cccc(O)c3)C[C@@]2(O)C(F)(F)F)n1. The highest BCUT2D eigenvalue weighted by molar-refractivity contribution is 7.14. The number of ether oxygens (including phenoxy) is 1. The minimum absolute atomic E-state index is 0.0846. The predicted molar refractivity (Wildman–Crippen MR) is 90.8 cm³/mol. The molecule has 0 amide bonds. The summed E-state index contributed by atoms with van der Waals surface area (Å²) in [7, 11) is 0. The monoisotopic (exact) mass is 401 g/mol. The van der Waals surface area contributed by atoms with Gasteiger partial charge in [-0.3, -0.25) is 0 Å². The van der Waals surface area contributed by atoms with Gasteiger partial charge in [-0.15, -0.1) is 11.3 Å². The molecular formula is C16H14F3N3O4S. The second-order valence-corrected chi connectivity index (χ2v) is 6.47. The molecule has 1 aliphatic rings. The number of hydrazone groups is 1. The molecule has 0 fully saturated rings. The Morgan fingerprint density at radius 3 is 2.81 bits per heavy atom. The van der Waals surface area contributed by atoms with Crippen LogP contribution in [0.4, 0.5) is 18.3 Å². The summed E-state index contributed by atoms with van der Waals surface area (Å²) in [6, 6.07) is 5.51. The number of nitrogens with zero attached hydrogens (tertiary/aromatic N) is 3. The molecule has 2 heterocycles. The van der Waals surface area contributed by atoms with Crippen LogP contribution >= 0.6 is 11.3 Å². The van der Waals surface area contributed by atoms with Crippen molar-refractivity contribution in [3.8, 4) is 5.75 Å². The Morgan fingerprint density at radius 2 is 2.19 bits per heavy atom. The van der Waals surface area contributed by atoms with E-state index in [2.05, 4.69) is 10.1 Å². The van der Waals surface area contributed by atoms with Crippen LogP contribution in [0.25, 0.3) is 0 Å². The van der Waals surface area contributed by atoms with Crippen molar-refractivity contribution in [3.05, 3.63) is 40.9 Å². The van der Waals surface area contributed by atoms with E-state index in [1.54, 1.807) is 6.92 Å². The number of carbonyl (C=O) groups is 1. The maximum atomic E-state index is 13.6. The minimum Gasteiger partial charge on any atom is -0.508 e. The number of aromatic hydroxyl groups is 1. The molecule has 144 valence electrons. The van der Waals surface area contributed by atoms with E-state index in [-0.39, 0.29) is 34.5 Å². The number of benzene rings is 1. The van der Waals surface area contributed by atoms with E-state index >= 15 is 0 Å². The smallest absolute Gasteiger partial charge is 0.438 e. The fourth-order valence-electron chi connectivity index (χ4n) is 2.47. The Morgan fingerprint density at radius 1 is 1.44 bits per heavy atom. The van der Waals surface area contributed by atoms with Crippen LogP contribution in [0.1, 0.15) is 29.4 Å². The summed E-state index contributed by atoms with van der Waals surface area (Å²) in [4.78, 5) is 15.5. The third kappa shape index (κ3) is 3.47. The van der Waals surface area contributed by atoms with E-state index in [1.807, 2.05) is 0 Å². The Bertz CT molecular complexity index is 899. The topological polar surface area (TPSA) is 95.2 Å². The number of esters is 1. The highest BCUT2D eigenvalue weighted by Crippen LogP contribution is 2.44. The van der Waals surface area contributed by atoms with Gasteiger partial charge in [0, 0.05) is 10.9 Å². The number of thiazole rings is 1. The van der Waals surface area contributed by atoms with Gasteiger partial charge in [-0.05, 0) is 19.1 Å². The molecule has 0 bridgehead atoms. The lowest BCUT2D eigenvalue weighted by Gasteiger charge is -2.32. The van der Waals surface area contributed by atoms with Gasteiger partial charge in [-0.1, -0.05) is 12.1 Å². The highest BCUT2D eigenvalue weighted by Gasteiger charge is 2.62. The van der Waals surface area contributed by atoms with Gasteiger partial charge in [0.2, 0.25) is 5.13 Å². The van der Waals surface area contributed by atoms with Crippen LogP contribution in [0.2, 0.25) is 0 Å². The number of hydrogen-bond donors (Lipinski definition) is 2. The zero-order chi connectivity index (χ0) is 19.8. The number of aliphatic hydroxyl groups is 1. The van der Waals surface area contributed by atoms with Gasteiger partial charge < -0.3 is 14.9 Å². The van der Waals surface area contributed by atoms with E-state index in [9.17, 15) is 28.2 Å². The molecule has 0 saturated heterocycles. The second kappa shape index (κ2) is 6.82. The van der Waals surface area contributed by atoms with Gasteiger partial charge in [0.05, 0.1) is 18.7 Å². The minimum atomic E-state index is -5.05. The van der Waals surface area contributed by atoms with Crippen LogP contribution < -0.4 is 5.01 Å². The van der Waals surface area contributed by atoms with Crippen LogP contribution in [0.3, 0.4) is 0 Å². The van der Waals surface area contributed by atoms with Crippen molar-refractivity contribution in [2.75, 3.05) is 11.6 Å². The molecule has 1 aromatic heterocycles. The number of halogens is 3. The molecule has 0 saturated carbocycles. The molecule has 3 rings (SSSR count). The molecule has 1 atom stereocenters. The van der Waals surface area contributed by atoms with Crippen molar-refractivity contribution in [2.45, 2.75) is 25.2 Å². The average Bonchev–Trinajstić information content (AvgIpc) is 3.20. The molecule has 2 aromatic rings. The maximum absolute atomic E-state index is 13.6. The summed E-state index contributed by atoms with van der Waals surface area (Å²) < 4.78 is 45.6. The second-order valence-electron chi connectivity index (χ2n) is 5.64. The van der Waals surface area contributed by atoms with Crippen molar-refractivity contribution in [1.82, 2.24) is 4.98 Å². The summed E-state index contributed by atoms with van der Waals surface area (Å²) in [5.74, 6) is -0.935. The zero-order valence-electron chi connectivity index (χ0n) is 13.9. The number of aromatic nitrogens is 1. The molecule has 0 spiro atoms. The number of carbonyl (C=O) groups excluding carboxylic acids is 1. The van der Waals surface area contributed by atoms with E-state index in [4.69, 9.17) is 4.74 Å². The number of anilines is 1. The van der Waals surface area contributed by atoms with Gasteiger partial charge in [-0.25, -0.2) is 9.78 Å². The van der Waals surface area contributed by atoms with Gasteiger partial charge >= 0.3 is 12.1 Å². The van der Waals surface area contributed by atoms with Crippen LogP contribution in [0, 0.1) is 0 Å². The van der Waals surface area contributed by atoms with Gasteiger partial charge in [0.15, 0.2) is 5.69 Å². The lowest BCUT2D eigenvalue weighted by atomic mass is 10.0. The normalized spacial score (nSPS) is 19.9. The standard InChI is InChI=1S/C16H14F3N3O4S/c1-2-26-13(24)12-8-27-14(20-12)22-15(25,16(17,18)19)7-11(21-22)9-4-3-5-10(23)6-9/h3-6,8,23,25H,2,7H2,1H3/t15-/m1/s1. The van der Waals surface area contributed by atoms with Crippen LogP contribution in [-0.4, -0.2) is 45.4 Å². The third-order valence-corrected chi connectivity index (χ3v) is 4.59. The summed E-state index contributed by atoms with van der Waals surface area (Å²) in [5.41, 5.74) is -3.37. The van der Waals surface area contributed by atoms with Gasteiger partial charge in [-0.2, -0.15) is 23.3 Å². The highest BCUT2D eigenvalue weighted by atomic mass is 32.1.